The predicted octanol–water partition coefficient (Wildman–Crippen LogP) is 25.8. The van der Waals surface area contributed by atoms with Crippen molar-refractivity contribution in [1.29, 1.82) is 0 Å². The summed E-state index contributed by atoms with van der Waals surface area (Å²) in [6.45, 7) is 72.4. The van der Waals surface area contributed by atoms with Crippen molar-refractivity contribution in [3.8, 4) is 0 Å². The number of rotatable bonds is 16. The molecule has 0 aromatic heterocycles. The molecule has 8 heteroatoms. The Balaban J connectivity index is 0.000000144. The first kappa shape index (κ1) is 84.6. The molecular weight excluding hydrogens is 1340 g/mol. The van der Waals surface area contributed by atoms with Crippen molar-refractivity contribution < 1.29 is 39.7 Å². The van der Waals surface area contributed by atoms with E-state index in [1.807, 2.05) is 0 Å². The Kier molecular flexibility index (Phi) is 22.5. The van der Waals surface area contributed by atoms with E-state index in [9.17, 15) is 25.5 Å². The fourth-order valence-electron chi connectivity index (χ4n) is 36.8. The van der Waals surface area contributed by atoms with Crippen LogP contribution >= 0.6 is 0 Å². The average Bonchev–Trinajstić information content (AvgIpc) is 1.61. The molecule has 0 heterocycles. The summed E-state index contributed by atoms with van der Waals surface area (Å²) in [4.78, 5) is 0. The van der Waals surface area contributed by atoms with Crippen molar-refractivity contribution in [2.75, 3.05) is 47.3 Å². The number of ether oxygens (including phenoxy) is 3. The second kappa shape index (κ2) is 29.0. The van der Waals surface area contributed by atoms with Gasteiger partial charge in [-0.1, -0.05) is 163 Å². The van der Waals surface area contributed by atoms with Crippen LogP contribution in [0.3, 0.4) is 0 Å². The summed E-state index contributed by atoms with van der Waals surface area (Å²) in [6.07, 6.45) is 38.7. The van der Waals surface area contributed by atoms with Crippen LogP contribution < -0.4 is 0 Å². The largest absolute Gasteiger partial charge is 0.512 e. The molecule has 33 atom stereocenters. The average molecular weight is 1510 g/mol. The minimum atomic E-state index is -0.409. The van der Waals surface area contributed by atoms with Gasteiger partial charge in [0.1, 0.15) is 0 Å². The minimum absolute atomic E-state index is 0.0737. The third-order valence-corrected chi connectivity index (χ3v) is 44.0. The highest BCUT2D eigenvalue weighted by Gasteiger charge is 2.76. The van der Waals surface area contributed by atoms with Gasteiger partial charge in [-0.3, -0.25) is 0 Å². The molecule has 618 valence electrons. The van der Waals surface area contributed by atoms with Gasteiger partial charge >= 0.3 is 0 Å². The Labute approximate surface area is 667 Å². The summed E-state index contributed by atoms with van der Waals surface area (Å²) < 4.78 is 17.0. The summed E-state index contributed by atoms with van der Waals surface area (Å²) in [6, 6.07) is 0. The Morgan fingerprint density at radius 1 is 0.339 bits per heavy atom. The van der Waals surface area contributed by atoms with Gasteiger partial charge in [-0.25, -0.2) is 0 Å². The fourth-order valence-corrected chi connectivity index (χ4v) is 36.8. The van der Waals surface area contributed by atoms with Crippen LogP contribution in [0.15, 0.2) is 73.5 Å². The standard InChI is InChI=1S/C35H58O2.C34H56O2.C32H52O4/c1-10-31(6)24(4)14-17-32(7)28(31)16-18-34(9)29(32)13-12-27-30-26(23(3)22-37-11-2)15-19-35(30,25(5)36)21-20-33(27,34)8;1-10-30(5)23(3)13-16-31(6)27(30)15-17-33(8)28(31)12-11-26-29-25(22(2)21-36-9)14-18-34(29,24(4)35)20-19-32(26,33)7;1-20(18-36-7)22-10-15-32(21(2)34)17-16-30(5)23(27(22)32)8-9-25-28(3)13-12-26(35)29(4,19-33)24(28)11-14-31(25,30)6/h24,26-30,36H,3,5,10-22H2,1-2,4,6-9H3;23,25-29,35H,2,4,10-21H2,1,3,5-9H3;22-27,33-35H,1-2,8-19H2,3-7H3/t24-,26-,27?,28-,29+,30+,31+,32-,33+,34+,35+;23-,25-,26?,27-,28+,29+,30+,31-,32+,33+,34+;22-,23?,24+,25+,26-,27+,28-,29-,30+,31+,32+/m000/s1. The molecule has 15 rings (SSSR count). The van der Waals surface area contributed by atoms with Gasteiger partial charge in [-0.05, 0) is 376 Å². The van der Waals surface area contributed by atoms with Crippen molar-refractivity contribution in [2.24, 2.45) is 182 Å². The molecule has 0 spiro atoms. The molecular formula is C101H166O8. The number of methoxy groups -OCH3 is 2. The summed E-state index contributed by atoms with van der Waals surface area (Å²) in [5, 5.41) is 54.7. The molecule has 0 aliphatic heterocycles. The molecule has 0 amide bonds. The van der Waals surface area contributed by atoms with Crippen molar-refractivity contribution in [2.45, 2.75) is 329 Å². The number of hydrogen-bond donors (Lipinski definition) is 5. The van der Waals surface area contributed by atoms with Crippen LogP contribution in [0.4, 0.5) is 0 Å². The zero-order valence-corrected chi connectivity index (χ0v) is 73.8. The topological polar surface area (TPSA) is 129 Å². The van der Waals surface area contributed by atoms with Crippen LogP contribution in [-0.2, 0) is 14.2 Å². The molecule has 15 aliphatic carbocycles. The van der Waals surface area contributed by atoms with E-state index >= 15 is 0 Å². The minimum Gasteiger partial charge on any atom is -0.512 e. The van der Waals surface area contributed by atoms with Crippen LogP contribution in [0, 0.1) is 182 Å². The summed E-state index contributed by atoms with van der Waals surface area (Å²) in [5.41, 5.74) is 6.68. The Bertz CT molecular complexity index is 3300. The molecule has 0 aromatic rings. The van der Waals surface area contributed by atoms with E-state index < -0.39 is 11.5 Å². The number of aliphatic hydroxyl groups is 5. The van der Waals surface area contributed by atoms with E-state index in [0.717, 1.165) is 132 Å². The van der Waals surface area contributed by atoms with Crippen LogP contribution in [0.2, 0.25) is 0 Å². The van der Waals surface area contributed by atoms with Gasteiger partial charge in [0.2, 0.25) is 0 Å². The molecule has 3 unspecified atom stereocenters. The van der Waals surface area contributed by atoms with E-state index in [1.165, 1.54) is 132 Å². The lowest BCUT2D eigenvalue weighted by atomic mass is 9.31. The molecule has 0 saturated heterocycles. The van der Waals surface area contributed by atoms with E-state index in [1.54, 1.807) is 14.2 Å². The monoisotopic (exact) mass is 1510 g/mol. The lowest BCUT2D eigenvalue weighted by molar-refractivity contribution is -0.253. The quantitative estimate of drug-likeness (QED) is 0.0764. The molecule has 8 nitrogen and oxygen atoms in total. The van der Waals surface area contributed by atoms with Crippen LogP contribution in [0.1, 0.15) is 323 Å². The number of allylic oxidation sites excluding steroid dienone is 3. The van der Waals surface area contributed by atoms with Crippen LogP contribution in [0.5, 0.6) is 0 Å². The molecule has 5 N–H and O–H groups in total. The zero-order valence-electron chi connectivity index (χ0n) is 73.8. The molecule has 0 aromatic carbocycles. The maximum atomic E-state index is 11.1. The maximum absolute atomic E-state index is 11.1. The highest BCUT2D eigenvalue weighted by atomic mass is 16.5. The third-order valence-electron chi connectivity index (χ3n) is 44.0. The van der Waals surface area contributed by atoms with Gasteiger partial charge in [-0.15, -0.1) is 0 Å². The van der Waals surface area contributed by atoms with Gasteiger partial charge < -0.3 is 39.7 Å². The molecule has 0 radical (unpaired) electrons. The second-order valence-electron chi connectivity index (χ2n) is 45.6. The van der Waals surface area contributed by atoms with Gasteiger partial charge in [0.15, 0.2) is 0 Å². The molecule has 15 saturated carbocycles. The van der Waals surface area contributed by atoms with E-state index in [2.05, 4.69) is 157 Å². The number of fused-ring (bicyclic) bond motifs is 21. The first-order valence-electron chi connectivity index (χ1n) is 46.1. The van der Waals surface area contributed by atoms with Gasteiger partial charge in [0.05, 0.1) is 49.8 Å². The highest BCUT2D eigenvalue weighted by Crippen LogP contribution is 2.83. The smallest absolute Gasteiger partial charge is 0.0915 e. The third kappa shape index (κ3) is 11.5. The van der Waals surface area contributed by atoms with E-state index in [4.69, 9.17) is 14.2 Å². The highest BCUT2D eigenvalue weighted by molar-refractivity contribution is 5.31. The number of hydrogen-bond acceptors (Lipinski definition) is 8. The van der Waals surface area contributed by atoms with Crippen molar-refractivity contribution in [3.05, 3.63) is 73.5 Å². The lowest BCUT2D eigenvalue weighted by Gasteiger charge is -2.73. The van der Waals surface area contributed by atoms with Crippen molar-refractivity contribution in [1.82, 2.24) is 0 Å². The van der Waals surface area contributed by atoms with E-state index in [-0.39, 0.29) is 39.1 Å². The molecule has 0 bridgehead atoms. The Morgan fingerprint density at radius 2 is 0.642 bits per heavy atom. The van der Waals surface area contributed by atoms with Gasteiger partial charge in [0.25, 0.3) is 0 Å². The zero-order chi connectivity index (χ0) is 79.6. The summed E-state index contributed by atoms with van der Waals surface area (Å²) in [7, 11) is 3.56. The van der Waals surface area contributed by atoms with Gasteiger partial charge in [0, 0.05) is 42.5 Å². The first-order valence-corrected chi connectivity index (χ1v) is 46.1. The maximum Gasteiger partial charge on any atom is 0.0915 e. The van der Waals surface area contributed by atoms with Gasteiger partial charge in [-0.2, -0.15) is 0 Å². The Morgan fingerprint density at radius 3 is 0.927 bits per heavy atom. The fraction of sp³-hybridized carbons (Fsp3) is 0.881. The predicted molar refractivity (Wildman–Crippen MR) is 450 cm³/mol. The second-order valence-corrected chi connectivity index (χ2v) is 45.6. The summed E-state index contributed by atoms with van der Waals surface area (Å²) >= 11 is 0. The molecule has 109 heavy (non-hydrogen) atoms. The molecule has 15 aliphatic rings. The first-order chi connectivity index (χ1) is 51.1. The van der Waals surface area contributed by atoms with Crippen LogP contribution in [0.25, 0.3) is 0 Å². The Hall–Kier alpha value is -2.36. The van der Waals surface area contributed by atoms with Crippen molar-refractivity contribution in [3.63, 3.8) is 0 Å². The molecule has 15 fully saturated rings. The lowest BCUT2D eigenvalue weighted by Crippen LogP contribution is -2.67. The van der Waals surface area contributed by atoms with Crippen LogP contribution in [-0.4, -0.2) is 78.9 Å². The summed E-state index contributed by atoms with van der Waals surface area (Å²) in [5.74, 6) is 11.7. The van der Waals surface area contributed by atoms with E-state index in [0.29, 0.717) is 146 Å². The normalized spacial score (nSPS) is 53.7. The number of aliphatic hydroxyl groups excluding tert-OH is 5. The van der Waals surface area contributed by atoms with Crippen molar-refractivity contribution >= 4 is 0 Å². The SMILES string of the molecule is C=C(COC)[C@@H]1CC[C@]2(C(=C)O)CC[C@]3(C)C(CC[C@@H]4[C@@]5(C)CC[C@H](C)[C@@](C)(CC)[C@@H]5CC[C@]43C)[C@@H]12.C=C(COC)[C@@H]1CC[C@]2(C(=C)O)CC[C@]3(C)C(CC[C@@H]4[C@@]5(C)CC[C@H](O)[C@@](C)(CO)[C@@H]5CC[C@]43C)[C@@H]12.C=C(COCC)[C@@H]1CC[C@]2(C(=C)O)CC[C@]3(C)C(CC[C@@H]4[C@@]5(C)CC[C@H](C)[C@@](C)(CC)[C@@H]5CC[C@]43C)[C@@H]12.